The summed E-state index contributed by atoms with van der Waals surface area (Å²) in [4.78, 5) is 13.5. The van der Waals surface area contributed by atoms with Crippen LogP contribution in [0.1, 0.15) is 25.7 Å². The highest BCUT2D eigenvalue weighted by Gasteiger charge is 2.21. The molecule has 1 atom stereocenters. The van der Waals surface area contributed by atoms with Gasteiger partial charge in [-0.15, -0.1) is 0 Å². The molecule has 4 heteroatoms. The molecule has 2 heterocycles. The van der Waals surface area contributed by atoms with E-state index < -0.39 is 0 Å². The van der Waals surface area contributed by atoms with Crippen LogP contribution in [0, 0.1) is 0 Å². The molecule has 102 valence electrons. The van der Waals surface area contributed by atoms with Crippen LogP contribution in [0.25, 0.3) is 0 Å². The third kappa shape index (κ3) is 2.89. The van der Waals surface area contributed by atoms with E-state index in [2.05, 4.69) is 5.32 Å². The van der Waals surface area contributed by atoms with Crippen molar-refractivity contribution in [3.8, 4) is 0 Å². The zero-order valence-corrected chi connectivity index (χ0v) is 11.1. The highest BCUT2D eigenvalue weighted by atomic mass is 16.5. The van der Waals surface area contributed by atoms with Crippen LogP contribution >= 0.6 is 0 Å². The number of carbonyl (C=O) groups excluding carboxylic acids is 1. The SMILES string of the molecule is O=C1CCCN1c1ccc(NCC2CCCO2)cc1. The van der Waals surface area contributed by atoms with Crippen molar-refractivity contribution in [3.63, 3.8) is 0 Å². The van der Waals surface area contributed by atoms with Crippen LogP contribution in [-0.4, -0.2) is 31.7 Å². The Morgan fingerprint density at radius 1 is 1.26 bits per heavy atom. The Morgan fingerprint density at radius 2 is 2.11 bits per heavy atom. The second-order valence-electron chi connectivity index (χ2n) is 5.21. The van der Waals surface area contributed by atoms with Gasteiger partial charge in [0.15, 0.2) is 0 Å². The molecule has 1 amide bonds. The molecular weight excluding hydrogens is 240 g/mol. The van der Waals surface area contributed by atoms with E-state index in [-0.39, 0.29) is 5.91 Å². The number of amides is 1. The second kappa shape index (κ2) is 5.61. The summed E-state index contributed by atoms with van der Waals surface area (Å²) in [6.07, 6.45) is 4.31. The molecule has 4 nitrogen and oxygen atoms in total. The van der Waals surface area contributed by atoms with E-state index in [1.807, 2.05) is 29.2 Å². The van der Waals surface area contributed by atoms with E-state index in [1.54, 1.807) is 0 Å². The maximum absolute atomic E-state index is 11.7. The molecule has 1 aromatic carbocycles. The van der Waals surface area contributed by atoms with Gasteiger partial charge in [0, 0.05) is 37.5 Å². The lowest BCUT2D eigenvalue weighted by molar-refractivity contribution is -0.117. The molecule has 0 saturated carbocycles. The summed E-state index contributed by atoms with van der Waals surface area (Å²) in [6.45, 7) is 2.60. The Balaban J connectivity index is 1.57. The summed E-state index contributed by atoms with van der Waals surface area (Å²) >= 11 is 0. The maximum Gasteiger partial charge on any atom is 0.227 e. The van der Waals surface area contributed by atoms with Crippen LogP contribution in [0.4, 0.5) is 11.4 Å². The average Bonchev–Trinajstić information content (AvgIpc) is 3.08. The van der Waals surface area contributed by atoms with Gasteiger partial charge in [0.1, 0.15) is 0 Å². The molecule has 0 spiro atoms. The number of rotatable bonds is 4. The smallest absolute Gasteiger partial charge is 0.227 e. The summed E-state index contributed by atoms with van der Waals surface area (Å²) in [5, 5.41) is 3.39. The molecule has 2 fully saturated rings. The molecule has 2 aliphatic rings. The Kier molecular flexibility index (Phi) is 3.69. The third-order valence-corrected chi connectivity index (χ3v) is 3.81. The van der Waals surface area contributed by atoms with Gasteiger partial charge in [0.25, 0.3) is 0 Å². The molecule has 1 unspecified atom stereocenters. The van der Waals surface area contributed by atoms with E-state index in [1.165, 1.54) is 6.42 Å². The zero-order valence-electron chi connectivity index (χ0n) is 11.1. The monoisotopic (exact) mass is 260 g/mol. The van der Waals surface area contributed by atoms with Gasteiger partial charge in [-0.25, -0.2) is 0 Å². The summed E-state index contributed by atoms with van der Waals surface area (Å²) in [5.74, 6) is 0.236. The van der Waals surface area contributed by atoms with Crippen LogP contribution in [0.5, 0.6) is 0 Å². The van der Waals surface area contributed by atoms with Gasteiger partial charge in [-0.3, -0.25) is 4.79 Å². The van der Waals surface area contributed by atoms with Gasteiger partial charge in [0.2, 0.25) is 5.91 Å². The van der Waals surface area contributed by atoms with Gasteiger partial charge in [-0.05, 0) is 43.5 Å². The van der Waals surface area contributed by atoms with E-state index in [0.29, 0.717) is 12.5 Å². The number of hydrogen-bond donors (Lipinski definition) is 1. The maximum atomic E-state index is 11.7. The van der Waals surface area contributed by atoms with Crippen molar-refractivity contribution < 1.29 is 9.53 Å². The highest BCUT2D eigenvalue weighted by molar-refractivity contribution is 5.95. The molecule has 1 aromatic rings. The lowest BCUT2D eigenvalue weighted by atomic mass is 10.2. The second-order valence-corrected chi connectivity index (χ2v) is 5.21. The highest BCUT2D eigenvalue weighted by Crippen LogP contribution is 2.23. The quantitative estimate of drug-likeness (QED) is 0.904. The molecular formula is C15H20N2O2. The molecule has 19 heavy (non-hydrogen) atoms. The molecule has 0 bridgehead atoms. The molecule has 3 rings (SSSR count). The first-order chi connectivity index (χ1) is 9.33. The normalized spacial score (nSPS) is 23.1. The van der Waals surface area contributed by atoms with Gasteiger partial charge in [0.05, 0.1) is 6.10 Å². The van der Waals surface area contributed by atoms with Crippen molar-refractivity contribution in [2.24, 2.45) is 0 Å². The number of carbonyl (C=O) groups is 1. The first-order valence-electron chi connectivity index (χ1n) is 7.09. The average molecular weight is 260 g/mol. The molecule has 1 N–H and O–H groups in total. The van der Waals surface area contributed by atoms with Crippen LogP contribution in [0.15, 0.2) is 24.3 Å². The van der Waals surface area contributed by atoms with Crippen molar-refractivity contribution in [2.75, 3.05) is 29.9 Å². The predicted octanol–water partition coefficient (Wildman–Crippen LogP) is 2.40. The van der Waals surface area contributed by atoms with Crippen molar-refractivity contribution in [1.29, 1.82) is 0 Å². The fourth-order valence-electron chi connectivity index (χ4n) is 2.72. The Bertz CT molecular complexity index is 438. The van der Waals surface area contributed by atoms with Crippen LogP contribution in [0.3, 0.4) is 0 Å². The van der Waals surface area contributed by atoms with Crippen LogP contribution in [-0.2, 0) is 9.53 Å². The number of nitrogens with zero attached hydrogens (tertiary/aromatic N) is 1. The molecule has 2 aliphatic heterocycles. The number of anilines is 2. The van der Waals surface area contributed by atoms with Crippen molar-refractivity contribution in [2.45, 2.75) is 31.8 Å². The van der Waals surface area contributed by atoms with Gasteiger partial charge < -0.3 is 15.0 Å². The minimum absolute atomic E-state index is 0.236. The lowest BCUT2D eigenvalue weighted by Gasteiger charge is -2.17. The van der Waals surface area contributed by atoms with Crippen LogP contribution < -0.4 is 10.2 Å². The van der Waals surface area contributed by atoms with Crippen molar-refractivity contribution in [1.82, 2.24) is 0 Å². The van der Waals surface area contributed by atoms with E-state index >= 15 is 0 Å². The molecule has 0 aromatic heterocycles. The summed E-state index contributed by atoms with van der Waals surface area (Å²) in [7, 11) is 0. The van der Waals surface area contributed by atoms with Crippen molar-refractivity contribution in [3.05, 3.63) is 24.3 Å². The number of benzene rings is 1. The summed E-state index contributed by atoms with van der Waals surface area (Å²) in [5.41, 5.74) is 2.09. The Hall–Kier alpha value is -1.55. The molecule has 2 saturated heterocycles. The number of hydrogen-bond acceptors (Lipinski definition) is 3. The number of nitrogens with one attached hydrogen (secondary N) is 1. The third-order valence-electron chi connectivity index (χ3n) is 3.81. The topological polar surface area (TPSA) is 41.6 Å². The van der Waals surface area contributed by atoms with E-state index in [4.69, 9.17) is 4.74 Å². The number of ether oxygens (including phenoxy) is 1. The minimum Gasteiger partial charge on any atom is -0.382 e. The lowest BCUT2D eigenvalue weighted by Crippen LogP contribution is -2.23. The Labute approximate surface area is 113 Å². The first-order valence-corrected chi connectivity index (χ1v) is 7.09. The summed E-state index contributed by atoms with van der Waals surface area (Å²) < 4.78 is 5.58. The van der Waals surface area contributed by atoms with E-state index in [0.717, 1.165) is 43.9 Å². The largest absolute Gasteiger partial charge is 0.382 e. The minimum atomic E-state index is 0.236. The van der Waals surface area contributed by atoms with Crippen LogP contribution in [0.2, 0.25) is 0 Å². The van der Waals surface area contributed by atoms with Gasteiger partial charge in [-0.1, -0.05) is 0 Å². The Morgan fingerprint density at radius 3 is 2.74 bits per heavy atom. The van der Waals surface area contributed by atoms with E-state index in [9.17, 15) is 4.79 Å². The van der Waals surface area contributed by atoms with Crippen molar-refractivity contribution >= 4 is 17.3 Å². The summed E-state index contributed by atoms with van der Waals surface area (Å²) in [6, 6.07) is 8.11. The zero-order chi connectivity index (χ0) is 13.1. The van der Waals surface area contributed by atoms with Gasteiger partial charge >= 0.3 is 0 Å². The molecule has 0 aliphatic carbocycles. The fraction of sp³-hybridized carbons (Fsp3) is 0.533. The van der Waals surface area contributed by atoms with Gasteiger partial charge in [-0.2, -0.15) is 0 Å². The molecule has 0 radical (unpaired) electrons. The standard InChI is InChI=1S/C15H20N2O2/c18-15-4-1-9-17(15)13-7-5-12(6-8-13)16-11-14-3-2-10-19-14/h5-8,14,16H,1-4,9-11H2. The first kappa shape index (κ1) is 12.5. The predicted molar refractivity (Wildman–Crippen MR) is 75.5 cm³/mol. The fourth-order valence-corrected chi connectivity index (χ4v) is 2.72.